The SMILES string of the molecule is O=C(c1ccc2oc(CCCc3ccccc3)nc2c1)N1CCCC[C@H]1CO. The molecule has 0 aliphatic carbocycles. The van der Waals surface area contributed by atoms with E-state index in [1.807, 2.05) is 18.2 Å². The first kappa shape index (κ1) is 18.7. The molecule has 0 bridgehead atoms. The van der Waals surface area contributed by atoms with Gasteiger partial charge in [-0.3, -0.25) is 4.79 Å². The van der Waals surface area contributed by atoms with Crippen LogP contribution in [0.5, 0.6) is 0 Å². The number of aromatic nitrogens is 1. The number of likely N-dealkylation sites (tertiary alicyclic amines) is 1. The highest BCUT2D eigenvalue weighted by atomic mass is 16.3. The molecule has 2 heterocycles. The van der Waals surface area contributed by atoms with Crippen LogP contribution in [-0.4, -0.2) is 40.1 Å². The van der Waals surface area contributed by atoms with E-state index in [-0.39, 0.29) is 18.6 Å². The Morgan fingerprint density at radius 2 is 2.00 bits per heavy atom. The summed E-state index contributed by atoms with van der Waals surface area (Å²) in [5, 5.41) is 9.58. The highest BCUT2D eigenvalue weighted by Gasteiger charge is 2.27. The molecule has 1 atom stereocenters. The van der Waals surface area contributed by atoms with Gasteiger partial charge in [0.25, 0.3) is 5.91 Å². The van der Waals surface area contributed by atoms with Crippen LogP contribution in [0.3, 0.4) is 0 Å². The van der Waals surface area contributed by atoms with Crippen molar-refractivity contribution in [3.05, 3.63) is 65.5 Å². The van der Waals surface area contributed by atoms with Crippen LogP contribution < -0.4 is 0 Å². The Bertz CT molecular complexity index is 935. The number of fused-ring (bicyclic) bond motifs is 1. The van der Waals surface area contributed by atoms with Gasteiger partial charge in [0.1, 0.15) is 5.52 Å². The normalized spacial score (nSPS) is 17.2. The summed E-state index contributed by atoms with van der Waals surface area (Å²) in [5.74, 6) is 0.677. The van der Waals surface area contributed by atoms with Crippen LogP contribution in [0, 0.1) is 0 Å². The molecule has 1 amide bonds. The van der Waals surface area contributed by atoms with Crippen LogP contribution in [0.15, 0.2) is 52.9 Å². The van der Waals surface area contributed by atoms with Crippen molar-refractivity contribution in [1.82, 2.24) is 9.88 Å². The predicted octanol–water partition coefficient (Wildman–Crippen LogP) is 3.99. The number of nitrogens with zero attached hydrogens (tertiary/aromatic N) is 2. The largest absolute Gasteiger partial charge is 0.441 e. The molecule has 5 nitrogen and oxygen atoms in total. The summed E-state index contributed by atoms with van der Waals surface area (Å²) in [6.45, 7) is 0.717. The molecule has 1 aliphatic rings. The first-order valence-corrected chi connectivity index (χ1v) is 10.1. The van der Waals surface area contributed by atoms with E-state index in [1.165, 1.54) is 5.56 Å². The number of aliphatic hydroxyl groups excluding tert-OH is 1. The van der Waals surface area contributed by atoms with Crippen LogP contribution in [-0.2, 0) is 12.8 Å². The van der Waals surface area contributed by atoms with Gasteiger partial charge in [0, 0.05) is 18.5 Å². The molecule has 0 unspecified atom stereocenters. The molecule has 0 radical (unpaired) electrons. The lowest BCUT2D eigenvalue weighted by Gasteiger charge is -2.34. The molecular weight excluding hydrogens is 352 g/mol. The van der Waals surface area contributed by atoms with Crippen molar-refractivity contribution in [2.24, 2.45) is 0 Å². The third-order valence-corrected chi connectivity index (χ3v) is 5.48. The zero-order valence-electron chi connectivity index (χ0n) is 16.0. The van der Waals surface area contributed by atoms with E-state index in [1.54, 1.807) is 11.0 Å². The van der Waals surface area contributed by atoms with Crippen LogP contribution in [0.2, 0.25) is 0 Å². The first-order chi connectivity index (χ1) is 13.7. The van der Waals surface area contributed by atoms with Gasteiger partial charge in [0.2, 0.25) is 0 Å². The highest BCUT2D eigenvalue weighted by Crippen LogP contribution is 2.23. The lowest BCUT2D eigenvalue weighted by Crippen LogP contribution is -2.45. The molecule has 146 valence electrons. The van der Waals surface area contributed by atoms with Crippen LogP contribution >= 0.6 is 0 Å². The summed E-state index contributed by atoms with van der Waals surface area (Å²) in [6, 6.07) is 15.7. The van der Waals surface area contributed by atoms with Gasteiger partial charge >= 0.3 is 0 Å². The summed E-state index contributed by atoms with van der Waals surface area (Å²) in [4.78, 5) is 19.3. The van der Waals surface area contributed by atoms with E-state index >= 15 is 0 Å². The Labute approximate surface area is 165 Å². The van der Waals surface area contributed by atoms with Crippen LogP contribution in [0.25, 0.3) is 11.1 Å². The number of oxazole rings is 1. The summed E-state index contributed by atoms with van der Waals surface area (Å²) < 4.78 is 5.85. The minimum atomic E-state index is -0.0807. The molecule has 1 saturated heterocycles. The van der Waals surface area contributed by atoms with Crippen molar-refractivity contribution in [3.8, 4) is 0 Å². The average molecular weight is 378 g/mol. The highest BCUT2D eigenvalue weighted by molar-refractivity contribution is 5.97. The molecule has 0 spiro atoms. The molecule has 1 aromatic heterocycles. The molecule has 3 aromatic rings. The van der Waals surface area contributed by atoms with Gasteiger partial charge in [0.05, 0.1) is 12.6 Å². The van der Waals surface area contributed by atoms with E-state index in [0.29, 0.717) is 23.6 Å². The summed E-state index contributed by atoms with van der Waals surface area (Å²) in [7, 11) is 0. The molecule has 4 rings (SSSR count). The summed E-state index contributed by atoms with van der Waals surface area (Å²) >= 11 is 0. The second-order valence-electron chi connectivity index (χ2n) is 7.46. The fourth-order valence-corrected chi connectivity index (χ4v) is 3.93. The smallest absolute Gasteiger partial charge is 0.254 e. The zero-order chi connectivity index (χ0) is 19.3. The minimum absolute atomic E-state index is 0.0174. The van der Waals surface area contributed by atoms with Gasteiger partial charge in [-0.15, -0.1) is 0 Å². The van der Waals surface area contributed by atoms with E-state index in [0.717, 1.165) is 44.0 Å². The molecule has 2 aromatic carbocycles. The van der Waals surface area contributed by atoms with Crippen molar-refractivity contribution < 1.29 is 14.3 Å². The molecular formula is C23H26N2O3. The standard InChI is InChI=1S/C23H26N2O3/c26-16-19-10-4-5-14-25(19)23(27)18-12-13-21-20(15-18)24-22(28-21)11-6-9-17-7-2-1-3-8-17/h1-3,7-8,12-13,15,19,26H,4-6,9-11,14,16H2/t19-/m0/s1. The number of hydrogen-bond donors (Lipinski definition) is 1. The second kappa shape index (κ2) is 8.57. The Hall–Kier alpha value is -2.66. The molecule has 1 fully saturated rings. The Morgan fingerprint density at radius 1 is 1.14 bits per heavy atom. The van der Waals surface area contributed by atoms with Crippen molar-refractivity contribution >= 4 is 17.0 Å². The van der Waals surface area contributed by atoms with Gasteiger partial charge in [-0.05, 0) is 55.9 Å². The van der Waals surface area contributed by atoms with Crippen molar-refractivity contribution in [3.63, 3.8) is 0 Å². The van der Waals surface area contributed by atoms with Gasteiger partial charge in [-0.1, -0.05) is 30.3 Å². The predicted molar refractivity (Wildman–Crippen MR) is 108 cm³/mol. The third kappa shape index (κ3) is 4.09. The summed E-state index contributed by atoms with van der Waals surface area (Å²) in [6.07, 6.45) is 5.63. The zero-order valence-corrected chi connectivity index (χ0v) is 16.0. The number of benzene rings is 2. The van der Waals surface area contributed by atoms with Crippen molar-refractivity contribution in [2.45, 2.75) is 44.6 Å². The van der Waals surface area contributed by atoms with E-state index in [4.69, 9.17) is 4.42 Å². The number of piperidine rings is 1. The topological polar surface area (TPSA) is 66.6 Å². The van der Waals surface area contributed by atoms with Crippen LogP contribution in [0.4, 0.5) is 0 Å². The van der Waals surface area contributed by atoms with E-state index in [2.05, 4.69) is 29.2 Å². The second-order valence-corrected chi connectivity index (χ2v) is 7.46. The van der Waals surface area contributed by atoms with Gasteiger partial charge < -0.3 is 14.4 Å². The lowest BCUT2D eigenvalue weighted by molar-refractivity contribution is 0.0503. The van der Waals surface area contributed by atoms with Crippen LogP contribution in [0.1, 0.15) is 47.5 Å². The molecule has 1 N–H and O–H groups in total. The quantitative estimate of drug-likeness (QED) is 0.704. The van der Waals surface area contributed by atoms with Crippen molar-refractivity contribution in [2.75, 3.05) is 13.2 Å². The maximum absolute atomic E-state index is 12.9. The first-order valence-electron chi connectivity index (χ1n) is 10.1. The van der Waals surface area contributed by atoms with Crippen molar-refractivity contribution in [1.29, 1.82) is 0 Å². The number of hydrogen-bond acceptors (Lipinski definition) is 4. The number of aryl methyl sites for hydroxylation is 2. The Kier molecular flexibility index (Phi) is 5.72. The number of carbonyl (C=O) groups excluding carboxylic acids is 1. The number of aliphatic hydroxyl groups is 1. The number of amides is 1. The van der Waals surface area contributed by atoms with E-state index < -0.39 is 0 Å². The number of carbonyl (C=O) groups is 1. The van der Waals surface area contributed by atoms with E-state index in [9.17, 15) is 9.90 Å². The Morgan fingerprint density at radius 3 is 2.82 bits per heavy atom. The van der Waals surface area contributed by atoms with Gasteiger partial charge in [0.15, 0.2) is 11.5 Å². The molecule has 5 heteroatoms. The monoisotopic (exact) mass is 378 g/mol. The lowest BCUT2D eigenvalue weighted by atomic mass is 10.0. The molecule has 0 saturated carbocycles. The molecule has 28 heavy (non-hydrogen) atoms. The van der Waals surface area contributed by atoms with Gasteiger partial charge in [-0.25, -0.2) is 4.98 Å². The molecule has 1 aliphatic heterocycles. The Balaban J connectivity index is 1.44. The third-order valence-electron chi connectivity index (χ3n) is 5.48. The maximum atomic E-state index is 12.9. The number of rotatable bonds is 6. The maximum Gasteiger partial charge on any atom is 0.254 e. The average Bonchev–Trinajstić information content (AvgIpc) is 3.16. The fraction of sp³-hybridized carbons (Fsp3) is 0.391. The fourth-order valence-electron chi connectivity index (χ4n) is 3.93. The minimum Gasteiger partial charge on any atom is -0.441 e. The van der Waals surface area contributed by atoms with Gasteiger partial charge in [-0.2, -0.15) is 0 Å². The summed E-state index contributed by atoms with van der Waals surface area (Å²) in [5.41, 5.74) is 3.35.